The summed E-state index contributed by atoms with van der Waals surface area (Å²) in [6.45, 7) is 2.84. The van der Waals surface area contributed by atoms with Gasteiger partial charge in [0.25, 0.3) is 0 Å². The number of ether oxygens (including phenoxy) is 1. The minimum atomic E-state index is -2.59. The summed E-state index contributed by atoms with van der Waals surface area (Å²) in [6, 6.07) is 14.9. The Labute approximate surface area is 191 Å². The lowest BCUT2D eigenvalue weighted by Crippen LogP contribution is -2.11. The van der Waals surface area contributed by atoms with Crippen molar-refractivity contribution in [2.45, 2.75) is 70.8 Å². The average molecular weight is 472 g/mol. The van der Waals surface area contributed by atoms with Gasteiger partial charge in [0, 0.05) is 5.56 Å². The van der Waals surface area contributed by atoms with E-state index in [9.17, 15) is 0 Å². The third-order valence-corrected chi connectivity index (χ3v) is 7.70. The van der Waals surface area contributed by atoms with Crippen molar-refractivity contribution < 1.29 is 4.74 Å². The first-order valence-corrected chi connectivity index (χ1v) is 16.1. The highest BCUT2D eigenvalue weighted by atomic mass is 35.8. The minimum Gasteiger partial charge on any atom is -0.493 e. The van der Waals surface area contributed by atoms with Crippen LogP contribution in [0.1, 0.15) is 63.9 Å². The molecule has 0 aliphatic heterocycles. The molecule has 0 saturated heterocycles. The minimum absolute atomic E-state index is 0.578. The maximum Gasteiger partial charge on any atom is 0.341 e. The lowest BCUT2D eigenvalue weighted by Gasteiger charge is -2.17. The van der Waals surface area contributed by atoms with Gasteiger partial charge in [-0.2, -0.15) is 0 Å². The zero-order valence-electron chi connectivity index (χ0n) is 17.4. The van der Waals surface area contributed by atoms with Gasteiger partial charge in [0.1, 0.15) is 5.75 Å². The maximum absolute atomic E-state index is 6.27. The quantitative estimate of drug-likeness (QED) is 0.152. The molecule has 1 nitrogen and oxygen atoms in total. The van der Waals surface area contributed by atoms with E-state index in [2.05, 4.69) is 49.4 Å². The number of hydrogen-bond acceptors (Lipinski definition) is 1. The monoisotopic (exact) mass is 470 g/mol. The lowest BCUT2D eigenvalue weighted by atomic mass is 9.98. The van der Waals surface area contributed by atoms with Crippen molar-refractivity contribution in [2.75, 3.05) is 6.61 Å². The Morgan fingerprint density at radius 1 is 0.759 bits per heavy atom. The fraction of sp³-hybridized carbons (Fsp3) is 0.500. The van der Waals surface area contributed by atoms with Gasteiger partial charge in [0.05, 0.1) is 6.61 Å². The van der Waals surface area contributed by atoms with Crippen LogP contribution in [0.5, 0.6) is 5.75 Å². The van der Waals surface area contributed by atoms with E-state index < -0.39 is 6.00 Å². The predicted molar refractivity (Wildman–Crippen MR) is 132 cm³/mol. The lowest BCUT2D eigenvalue weighted by molar-refractivity contribution is 0.315. The molecule has 5 heteroatoms. The molecule has 0 amide bonds. The third-order valence-electron chi connectivity index (χ3n) is 5.08. The van der Waals surface area contributed by atoms with Gasteiger partial charge in [-0.3, -0.25) is 0 Å². The predicted octanol–water partition coefficient (Wildman–Crippen LogP) is 9.07. The zero-order valence-corrected chi connectivity index (χ0v) is 20.7. The molecule has 29 heavy (non-hydrogen) atoms. The molecule has 0 unspecified atom stereocenters. The molecule has 160 valence electrons. The second-order valence-corrected chi connectivity index (χ2v) is 16.9. The Kier molecular flexibility index (Phi) is 11.5. The van der Waals surface area contributed by atoms with Crippen molar-refractivity contribution in [1.29, 1.82) is 0 Å². The van der Waals surface area contributed by atoms with E-state index in [0.717, 1.165) is 24.2 Å². The van der Waals surface area contributed by atoms with Crippen molar-refractivity contribution >= 4 is 39.2 Å². The van der Waals surface area contributed by atoms with Crippen molar-refractivity contribution in [1.82, 2.24) is 0 Å². The molecular formula is C24H33Cl3OSi. The summed E-state index contributed by atoms with van der Waals surface area (Å²) in [5.41, 5.74) is 3.61. The van der Waals surface area contributed by atoms with Crippen molar-refractivity contribution in [2.24, 2.45) is 0 Å². The summed E-state index contributed by atoms with van der Waals surface area (Å²) >= 11 is 18.1. The first-order chi connectivity index (χ1) is 14.0. The Balaban J connectivity index is 2.02. The second kappa shape index (κ2) is 13.6. The van der Waals surface area contributed by atoms with Crippen molar-refractivity contribution in [3.8, 4) is 16.9 Å². The van der Waals surface area contributed by atoms with Gasteiger partial charge in [-0.05, 0) is 36.4 Å². The molecule has 0 fully saturated rings. The molecule has 0 saturated carbocycles. The molecule has 2 aromatic carbocycles. The fourth-order valence-electron chi connectivity index (χ4n) is 3.52. The van der Waals surface area contributed by atoms with E-state index >= 15 is 0 Å². The number of halogens is 3. The van der Waals surface area contributed by atoms with E-state index in [1.165, 1.54) is 56.1 Å². The van der Waals surface area contributed by atoms with Gasteiger partial charge < -0.3 is 4.74 Å². The summed E-state index contributed by atoms with van der Waals surface area (Å²) in [7, 11) is 0. The number of benzene rings is 2. The van der Waals surface area contributed by atoms with Crippen LogP contribution in [0.2, 0.25) is 6.04 Å². The standard InChI is InChI=1S/C24H33Cl3OSi/c1-2-3-4-5-6-7-9-16-22-17-12-18-23(21-14-10-8-11-15-21)24(22)28-19-13-20-29(25,26)27/h8,10-12,14-15,17-18H,2-7,9,13,16,19-20H2,1H3. The highest BCUT2D eigenvalue weighted by Gasteiger charge is 2.24. The van der Waals surface area contributed by atoms with Crippen molar-refractivity contribution in [3.63, 3.8) is 0 Å². The highest BCUT2D eigenvalue weighted by Crippen LogP contribution is 2.35. The Morgan fingerprint density at radius 3 is 2.14 bits per heavy atom. The number of unbranched alkanes of at least 4 members (excludes halogenated alkanes) is 6. The molecule has 2 aromatic rings. The molecule has 0 aliphatic carbocycles. The number of aryl methyl sites for hydroxylation is 1. The van der Waals surface area contributed by atoms with Crippen LogP contribution in [0.3, 0.4) is 0 Å². The molecule has 0 spiro atoms. The third kappa shape index (κ3) is 9.78. The maximum atomic E-state index is 6.27. The molecule has 0 N–H and O–H groups in total. The number of hydrogen-bond donors (Lipinski definition) is 0. The van der Waals surface area contributed by atoms with E-state index in [-0.39, 0.29) is 0 Å². The van der Waals surface area contributed by atoms with Gasteiger partial charge in [0.2, 0.25) is 0 Å². The van der Waals surface area contributed by atoms with Crippen molar-refractivity contribution in [3.05, 3.63) is 54.1 Å². The first kappa shape index (κ1) is 24.6. The Bertz CT molecular complexity index is 701. The second-order valence-electron chi connectivity index (χ2n) is 7.60. The number of rotatable bonds is 14. The largest absolute Gasteiger partial charge is 0.493 e. The molecule has 0 aromatic heterocycles. The summed E-state index contributed by atoms with van der Waals surface area (Å²) in [6.07, 6.45) is 11.0. The van der Waals surface area contributed by atoms with E-state index in [4.69, 9.17) is 38.0 Å². The smallest absolute Gasteiger partial charge is 0.341 e. The molecule has 0 atom stereocenters. The normalized spacial score (nSPS) is 11.6. The zero-order chi connectivity index (χ0) is 21.0. The van der Waals surface area contributed by atoms with Crippen LogP contribution in [0.4, 0.5) is 0 Å². The highest BCUT2D eigenvalue weighted by molar-refractivity contribution is 7.64. The number of para-hydroxylation sites is 1. The molecule has 0 radical (unpaired) electrons. The van der Waals surface area contributed by atoms with Crippen LogP contribution in [0.25, 0.3) is 11.1 Å². The summed E-state index contributed by atoms with van der Waals surface area (Å²) in [4.78, 5) is 0. The molecular weight excluding hydrogens is 439 g/mol. The van der Waals surface area contributed by atoms with E-state index in [0.29, 0.717) is 12.7 Å². The summed E-state index contributed by atoms with van der Waals surface area (Å²) in [5, 5.41) is 0. The van der Waals surface area contributed by atoms with Crippen LogP contribution in [-0.2, 0) is 6.42 Å². The molecule has 2 rings (SSSR count). The van der Waals surface area contributed by atoms with Gasteiger partial charge in [-0.25, -0.2) is 0 Å². The van der Waals surface area contributed by atoms with Crippen LogP contribution in [-0.4, -0.2) is 12.6 Å². The average Bonchev–Trinajstić information content (AvgIpc) is 2.71. The molecule has 0 aliphatic rings. The van der Waals surface area contributed by atoms with Crippen LogP contribution in [0.15, 0.2) is 48.5 Å². The van der Waals surface area contributed by atoms with Crippen LogP contribution in [0, 0.1) is 0 Å². The summed E-state index contributed by atoms with van der Waals surface area (Å²) in [5.74, 6) is 0.996. The van der Waals surface area contributed by atoms with E-state index in [1.807, 2.05) is 6.07 Å². The topological polar surface area (TPSA) is 9.23 Å². The fourth-order valence-corrected chi connectivity index (χ4v) is 5.26. The Morgan fingerprint density at radius 2 is 1.45 bits per heavy atom. The Hall–Kier alpha value is -0.673. The first-order valence-electron chi connectivity index (χ1n) is 10.9. The molecule has 0 heterocycles. The van der Waals surface area contributed by atoms with Crippen LogP contribution >= 0.6 is 33.2 Å². The van der Waals surface area contributed by atoms with Gasteiger partial charge in [-0.15, -0.1) is 33.2 Å². The molecule has 0 bridgehead atoms. The van der Waals surface area contributed by atoms with Gasteiger partial charge in [0.15, 0.2) is 0 Å². The van der Waals surface area contributed by atoms with E-state index in [1.54, 1.807) is 0 Å². The van der Waals surface area contributed by atoms with Gasteiger partial charge >= 0.3 is 6.00 Å². The SMILES string of the molecule is CCCCCCCCCc1cccc(-c2ccccc2)c1OCCC[Si](Cl)(Cl)Cl. The van der Waals surface area contributed by atoms with Gasteiger partial charge in [-0.1, -0.05) is 94.0 Å². The van der Waals surface area contributed by atoms with Crippen LogP contribution < -0.4 is 4.74 Å². The summed E-state index contributed by atoms with van der Waals surface area (Å²) < 4.78 is 6.27.